The Morgan fingerprint density at radius 2 is 1.58 bits per heavy atom. The summed E-state index contributed by atoms with van der Waals surface area (Å²) in [6.07, 6.45) is -3.49. The number of amides is 2. The highest BCUT2D eigenvalue weighted by molar-refractivity contribution is 6.21. The number of imide groups is 1. The van der Waals surface area contributed by atoms with Crippen LogP contribution in [0.3, 0.4) is 0 Å². The van der Waals surface area contributed by atoms with Crippen molar-refractivity contribution in [1.82, 2.24) is 4.90 Å². The lowest BCUT2D eigenvalue weighted by Gasteiger charge is -2.12. The number of nitrogens with zero attached hydrogens (tertiary/aromatic N) is 1. The second-order valence-corrected chi connectivity index (χ2v) is 5.80. The van der Waals surface area contributed by atoms with Crippen LogP contribution in [0.1, 0.15) is 31.8 Å². The monoisotopic (exact) mass is 363 g/mol. The van der Waals surface area contributed by atoms with Crippen molar-refractivity contribution < 1.29 is 27.2 Å². The van der Waals surface area contributed by atoms with Gasteiger partial charge in [-0.1, -0.05) is 30.3 Å². The fourth-order valence-electron chi connectivity index (χ4n) is 2.70. The minimum absolute atomic E-state index is 0.0844. The number of hydrogen-bond donors (Lipinski definition) is 0. The molecule has 7 heteroatoms. The summed E-state index contributed by atoms with van der Waals surface area (Å²) in [6, 6.07) is 10.7. The first-order chi connectivity index (χ1) is 12.3. The van der Waals surface area contributed by atoms with Crippen molar-refractivity contribution in [3.8, 4) is 0 Å². The first-order valence-corrected chi connectivity index (χ1v) is 7.73. The third-order valence-electron chi connectivity index (χ3n) is 4.00. The van der Waals surface area contributed by atoms with Crippen LogP contribution in [0, 0.1) is 0 Å². The molecule has 0 saturated carbocycles. The minimum Gasteiger partial charge on any atom is -0.269 e. The largest absolute Gasteiger partial charge is 0.416 e. The van der Waals surface area contributed by atoms with E-state index in [0.717, 1.165) is 23.1 Å². The van der Waals surface area contributed by atoms with E-state index in [1.165, 1.54) is 24.3 Å². The van der Waals surface area contributed by atoms with Crippen molar-refractivity contribution in [3.63, 3.8) is 0 Å². The maximum atomic E-state index is 14.1. The Bertz CT molecular complexity index is 867. The van der Waals surface area contributed by atoms with Crippen molar-refractivity contribution in [3.05, 3.63) is 82.7 Å². The van der Waals surface area contributed by atoms with Crippen LogP contribution in [0.4, 0.5) is 17.6 Å². The zero-order valence-corrected chi connectivity index (χ0v) is 13.4. The smallest absolute Gasteiger partial charge is 0.269 e. The van der Waals surface area contributed by atoms with Crippen LogP contribution in [-0.2, 0) is 12.6 Å². The molecule has 0 unspecified atom stereocenters. The van der Waals surface area contributed by atoms with Crippen LogP contribution in [0.15, 0.2) is 60.4 Å². The second kappa shape index (κ2) is 6.74. The van der Waals surface area contributed by atoms with Crippen LogP contribution < -0.4 is 0 Å². The van der Waals surface area contributed by atoms with Gasteiger partial charge in [-0.25, -0.2) is 4.39 Å². The average Bonchev–Trinajstić information content (AvgIpc) is 2.85. The maximum absolute atomic E-state index is 14.1. The molecule has 0 fully saturated rings. The van der Waals surface area contributed by atoms with Crippen LogP contribution in [-0.4, -0.2) is 23.3 Å². The molecule has 26 heavy (non-hydrogen) atoms. The van der Waals surface area contributed by atoms with Gasteiger partial charge in [0.05, 0.1) is 23.2 Å². The first-order valence-electron chi connectivity index (χ1n) is 7.73. The van der Waals surface area contributed by atoms with Gasteiger partial charge in [-0.3, -0.25) is 14.5 Å². The molecule has 1 aliphatic heterocycles. The molecule has 1 heterocycles. The lowest BCUT2D eigenvalue weighted by Crippen LogP contribution is -2.31. The Hall–Kier alpha value is -2.96. The number of halogens is 4. The molecule has 0 radical (unpaired) electrons. The molecule has 134 valence electrons. The Kier molecular flexibility index (Phi) is 4.63. The highest BCUT2D eigenvalue weighted by Gasteiger charge is 2.35. The van der Waals surface area contributed by atoms with E-state index in [1.54, 1.807) is 12.1 Å². The summed E-state index contributed by atoms with van der Waals surface area (Å²) in [5, 5.41) is 0. The molecular formula is C19H13F4NO2. The molecule has 2 amide bonds. The molecule has 3 rings (SSSR count). The Balaban J connectivity index is 1.71. The van der Waals surface area contributed by atoms with E-state index in [-0.39, 0.29) is 23.1 Å². The van der Waals surface area contributed by atoms with E-state index < -0.39 is 35.9 Å². The molecule has 2 aromatic carbocycles. The fourth-order valence-corrected chi connectivity index (χ4v) is 2.70. The number of alkyl halides is 3. The molecule has 0 aromatic heterocycles. The Labute approximate surface area is 146 Å². The number of allylic oxidation sites excluding steroid dienone is 1. The predicted molar refractivity (Wildman–Crippen MR) is 86.1 cm³/mol. The van der Waals surface area contributed by atoms with Crippen molar-refractivity contribution in [2.24, 2.45) is 0 Å². The zero-order valence-electron chi connectivity index (χ0n) is 13.4. The molecule has 0 spiro atoms. The molecule has 0 N–H and O–H groups in total. The number of rotatable bonds is 4. The van der Waals surface area contributed by atoms with E-state index in [9.17, 15) is 27.2 Å². The fraction of sp³-hybridized carbons (Fsp3) is 0.158. The van der Waals surface area contributed by atoms with E-state index in [0.29, 0.717) is 0 Å². The summed E-state index contributed by atoms with van der Waals surface area (Å²) in [5.74, 6) is -1.95. The van der Waals surface area contributed by atoms with Crippen LogP contribution in [0.5, 0.6) is 0 Å². The van der Waals surface area contributed by atoms with Crippen LogP contribution in [0.2, 0.25) is 0 Å². The summed E-state index contributed by atoms with van der Waals surface area (Å²) < 4.78 is 52.2. The lowest BCUT2D eigenvalue weighted by molar-refractivity contribution is -0.137. The quantitative estimate of drug-likeness (QED) is 0.597. The summed E-state index contributed by atoms with van der Waals surface area (Å²) in [6.45, 7) is -0.550. The molecule has 2 aromatic rings. The lowest BCUT2D eigenvalue weighted by atomic mass is 10.1. The van der Waals surface area contributed by atoms with Gasteiger partial charge >= 0.3 is 6.18 Å². The predicted octanol–water partition coefficient (Wildman–Crippen LogP) is 4.40. The van der Waals surface area contributed by atoms with E-state index in [1.807, 2.05) is 0 Å². The summed E-state index contributed by atoms with van der Waals surface area (Å²) >= 11 is 0. The van der Waals surface area contributed by atoms with E-state index in [2.05, 4.69) is 0 Å². The van der Waals surface area contributed by atoms with Gasteiger partial charge in [0, 0.05) is 0 Å². The van der Waals surface area contributed by atoms with Gasteiger partial charge in [0.1, 0.15) is 5.83 Å². The van der Waals surface area contributed by atoms with Crippen molar-refractivity contribution in [1.29, 1.82) is 0 Å². The normalized spacial score (nSPS) is 14.8. The van der Waals surface area contributed by atoms with Gasteiger partial charge < -0.3 is 0 Å². The molecule has 1 aliphatic rings. The zero-order chi connectivity index (χ0) is 18.9. The number of carbonyl (C=O) groups is 2. The maximum Gasteiger partial charge on any atom is 0.416 e. The van der Waals surface area contributed by atoms with Gasteiger partial charge in [0.2, 0.25) is 0 Å². The molecular weight excluding hydrogens is 350 g/mol. The topological polar surface area (TPSA) is 37.4 Å². The average molecular weight is 363 g/mol. The first kappa shape index (κ1) is 17.8. The summed E-state index contributed by atoms with van der Waals surface area (Å²) in [4.78, 5) is 25.1. The van der Waals surface area contributed by atoms with E-state index >= 15 is 0 Å². The van der Waals surface area contributed by atoms with Gasteiger partial charge in [-0.2, -0.15) is 13.2 Å². The number of carbonyl (C=O) groups excluding carboxylic acids is 2. The number of fused-ring (bicyclic) bond motifs is 1. The SMILES string of the molecule is O=C1c2ccccc2C(=O)N1C/C(F)=C/Cc1cccc(C(F)(F)F)c1. The van der Waals surface area contributed by atoms with Crippen LogP contribution >= 0.6 is 0 Å². The van der Waals surface area contributed by atoms with Crippen molar-refractivity contribution in [2.75, 3.05) is 6.54 Å². The molecule has 0 atom stereocenters. The molecule has 0 bridgehead atoms. The van der Waals surface area contributed by atoms with E-state index in [4.69, 9.17) is 0 Å². The minimum atomic E-state index is -4.47. The third kappa shape index (κ3) is 3.51. The van der Waals surface area contributed by atoms with Gasteiger partial charge in [0.25, 0.3) is 11.8 Å². The van der Waals surface area contributed by atoms with Crippen molar-refractivity contribution in [2.45, 2.75) is 12.6 Å². The Morgan fingerprint density at radius 1 is 0.962 bits per heavy atom. The highest BCUT2D eigenvalue weighted by Crippen LogP contribution is 2.30. The molecule has 0 aliphatic carbocycles. The van der Waals surface area contributed by atoms with Crippen LogP contribution in [0.25, 0.3) is 0 Å². The third-order valence-corrected chi connectivity index (χ3v) is 4.00. The Morgan fingerprint density at radius 3 is 2.15 bits per heavy atom. The van der Waals surface area contributed by atoms with Crippen molar-refractivity contribution >= 4 is 11.8 Å². The highest BCUT2D eigenvalue weighted by atomic mass is 19.4. The molecule has 3 nitrogen and oxygen atoms in total. The molecule has 0 saturated heterocycles. The van der Waals surface area contributed by atoms with Gasteiger partial charge in [-0.15, -0.1) is 0 Å². The summed E-state index contributed by atoms with van der Waals surface area (Å²) in [5.41, 5.74) is -0.118. The van der Waals surface area contributed by atoms with Gasteiger partial charge in [-0.05, 0) is 36.3 Å². The second-order valence-electron chi connectivity index (χ2n) is 5.80. The summed E-state index contributed by atoms with van der Waals surface area (Å²) in [7, 11) is 0. The van der Waals surface area contributed by atoms with Gasteiger partial charge in [0.15, 0.2) is 0 Å². The number of benzene rings is 2. The standard InChI is InChI=1S/C19H13F4NO2/c20-14(9-8-12-4-3-5-13(10-12)19(21,22)23)11-24-17(25)15-6-1-2-7-16(15)18(24)26/h1-7,9-10H,8,11H2/b14-9-. The number of hydrogen-bond acceptors (Lipinski definition) is 2.